The molecule has 1 heterocycles. The first-order chi connectivity index (χ1) is 8.66. The van der Waals surface area contributed by atoms with Gasteiger partial charge >= 0.3 is 0 Å². The van der Waals surface area contributed by atoms with E-state index in [0.717, 1.165) is 0 Å². The highest BCUT2D eigenvalue weighted by Gasteiger charge is 2.08. The molecule has 1 aromatic heterocycles. The molecular weight excluding hydrogens is 235 g/mol. The van der Waals surface area contributed by atoms with Crippen LogP contribution in [0.15, 0.2) is 36.4 Å². The number of aromatic nitrogens is 2. The van der Waals surface area contributed by atoms with Crippen molar-refractivity contribution >= 4 is 11.7 Å². The summed E-state index contributed by atoms with van der Waals surface area (Å²) in [6.07, 6.45) is 0. The molecule has 2 rings (SSSR count). The standard InChI is InChI=1S/C12H11FN4O/c13-9-4-2-1-3-8(9)7-15-12(18)10-5-6-11(14)17-16-10/h1-6H,7H2,(H2,14,17)(H,15,18). The molecule has 6 heteroatoms. The van der Waals surface area contributed by atoms with E-state index in [4.69, 9.17) is 5.73 Å². The molecule has 0 radical (unpaired) electrons. The van der Waals surface area contributed by atoms with Crippen LogP contribution in [0.1, 0.15) is 16.1 Å². The van der Waals surface area contributed by atoms with Gasteiger partial charge in [-0.3, -0.25) is 4.79 Å². The lowest BCUT2D eigenvalue weighted by atomic mass is 10.2. The van der Waals surface area contributed by atoms with Crippen molar-refractivity contribution in [2.75, 3.05) is 5.73 Å². The fraction of sp³-hybridized carbons (Fsp3) is 0.0833. The highest BCUT2D eigenvalue weighted by molar-refractivity contribution is 5.92. The van der Waals surface area contributed by atoms with Crippen molar-refractivity contribution in [3.63, 3.8) is 0 Å². The lowest BCUT2D eigenvalue weighted by Crippen LogP contribution is -2.24. The van der Waals surface area contributed by atoms with Gasteiger partial charge < -0.3 is 11.1 Å². The van der Waals surface area contributed by atoms with Gasteiger partial charge in [0, 0.05) is 12.1 Å². The Kier molecular flexibility index (Phi) is 3.47. The number of carbonyl (C=O) groups excluding carboxylic acids is 1. The Bertz CT molecular complexity index is 556. The van der Waals surface area contributed by atoms with Crippen LogP contribution in [0.4, 0.5) is 10.2 Å². The molecule has 0 spiro atoms. The maximum Gasteiger partial charge on any atom is 0.272 e. The van der Waals surface area contributed by atoms with Gasteiger partial charge in [0.15, 0.2) is 5.69 Å². The van der Waals surface area contributed by atoms with E-state index < -0.39 is 5.91 Å². The second-order valence-electron chi connectivity index (χ2n) is 3.62. The smallest absolute Gasteiger partial charge is 0.272 e. The fourth-order valence-electron chi connectivity index (χ4n) is 1.37. The third kappa shape index (κ3) is 2.79. The van der Waals surface area contributed by atoms with Gasteiger partial charge in [-0.1, -0.05) is 18.2 Å². The molecular formula is C12H11FN4O. The third-order valence-electron chi connectivity index (χ3n) is 2.32. The summed E-state index contributed by atoms with van der Waals surface area (Å²) in [5.41, 5.74) is 5.91. The van der Waals surface area contributed by atoms with E-state index in [1.807, 2.05) is 0 Å². The summed E-state index contributed by atoms with van der Waals surface area (Å²) in [5, 5.41) is 9.75. The van der Waals surface area contributed by atoms with Gasteiger partial charge in [-0.2, -0.15) is 0 Å². The van der Waals surface area contributed by atoms with Gasteiger partial charge in [0.2, 0.25) is 0 Å². The van der Waals surface area contributed by atoms with Gasteiger partial charge in [0.1, 0.15) is 11.6 Å². The van der Waals surface area contributed by atoms with Crippen molar-refractivity contribution in [3.05, 3.63) is 53.5 Å². The Balaban J connectivity index is 2.01. The molecule has 1 amide bonds. The van der Waals surface area contributed by atoms with Crippen LogP contribution in [-0.2, 0) is 6.54 Å². The first-order valence-corrected chi connectivity index (χ1v) is 5.27. The largest absolute Gasteiger partial charge is 0.382 e. The molecule has 0 saturated heterocycles. The van der Waals surface area contributed by atoms with Crippen LogP contribution in [0.2, 0.25) is 0 Å². The second kappa shape index (κ2) is 5.22. The van der Waals surface area contributed by atoms with Crippen molar-refractivity contribution in [2.24, 2.45) is 0 Å². The maximum atomic E-state index is 13.3. The van der Waals surface area contributed by atoms with Crippen LogP contribution in [-0.4, -0.2) is 16.1 Å². The zero-order chi connectivity index (χ0) is 13.0. The summed E-state index contributed by atoms with van der Waals surface area (Å²) < 4.78 is 13.3. The van der Waals surface area contributed by atoms with Crippen molar-refractivity contribution in [1.29, 1.82) is 0 Å². The molecule has 18 heavy (non-hydrogen) atoms. The molecule has 1 aromatic carbocycles. The Morgan fingerprint density at radius 2 is 2.00 bits per heavy atom. The summed E-state index contributed by atoms with van der Waals surface area (Å²) in [6.45, 7) is 0.0948. The molecule has 0 unspecified atom stereocenters. The maximum absolute atomic E-state index is 13.3. The molecule has 2 aromatic rings. The van der Waals surface area contributed by atoms with Gasteiger partial charge in [-0.15, -0.1) is 10.2 Å². The normalized spacial score (nSPS) is 10.1. The first kappa shape index (κ1) is 12.0. The van der Waals surface area contributed by atoms with Gasteiger partial charge in [0.25, 0.3) is 5.91 Å². The number of nitrogen functional groups attached to an aromatic ring is 1. The van der Waals surface area contributed by atoms with Gasteiger partial charge in [-0.25, -0.2) is 4.39 Å². The Hall–Kier alpha value is -2.50. The Labute approximate surface area is 103 Å². The minimum Gasteiger partial charge on any atom is -0.382 e. The van der Waals surface area contributed by atoms with Crippen LogP contribution in [0.5, 0.6) is 0 Å². The number of hydrogen-bond donors (Lipinski definition) is 2. The first-order valence-electron chi connectivity index (χ1n) is 5.27. The Morgan fingerprint density at radius 3 is 2.67 bits per heavy atom. The second-order valence-corrected chi connectivity index (χ2v) is 3.62. The number of anilines is 1. The monoisotopic (exact) mass is 246 g/mol. The minimum atomic E-state index is -0.425. The topological polar surface area (TPSA) is 80.9 Å². The highest BCUT2D eigenvalue weighted by Crippen LogP contribution is 2.06. The molecule has 0 saturated carbocycles. The molecule has 0 atom stereocenters. The lowest BCUT2D eigenvalue weighted by molar-refractivity contribution is 0.0944. The number of halogens is 1. The molecule has 0 aliphatic rings. The van der Waals surface area contributed by atoms with E-state index >= 15 is 0 Å². The lowest BCUT2D eigenvalue weighted by Gasteiger charge is -2.05. The van der Waals surface area contributed by atoms with E-state index in [9.17, 15) is 9.18 Å². The molecule has 0 aliphatic heterocycles. The van der Waals surface area contributed by atoms with Crippen molar-refractivity contribution in [3.8, 4) is 0 Å². The van der Waals surface area contributed by atoms with Crippen LogP contribution < -0.4 is 11.1 Å². The zero-order valence-electron chi connectivity index (χ0n) is 9.43. The van der Waals surface area contributed by atoms with E-state index in [2.05, 4.69) is 15.5 Å². The SMILES string of the molecule is Nc1ccc(C(=O)NCc2ccccc2F)nn1. The number of rotatable bonds is 3. The number of nitrogens with two attached hydrogens (primary N) is 1. The highest BCUT2D eigenvalue weighted by atomic mass is 19.1. The van der Waals surface area contributed by atoms with Crippen LogP contribution in [0.3, 0.4) is 0 Å². The molecule has 0 aliphatic carbocycles. The summed E-state index contributed by atoms with van der Waals surface area (Å²) in [6, 6.07) is 9.17. The number of nitrogens with one attached hydrogen (secondary N) is 1. The fourth-order valence-corrected chi connectivity index (χ4v) is 1.37. The number of hydrogen-bond acceptors (Lipinski definition) is 4. The summed E-state index contributed by atoms with van der Waals surface area (Å²) >= 11 is 0. The Morgan fingerprint density at radius 1 is 1.22 bits per heavy atom. The van der Waals surface area contributed by atoms with E-state index in [0.29, 0.717) is 5.56 Å². The van der Waals surface area contributed by atoms with Gasteiger partial charge in [0.05, 0.1) is 0 Å². The van der Waals surface area contributed by atoms with Crippen LogP contribution in [0, 0.1) is 5.82 Å². The average Bonchev–Trinajstić information content (AvgIpc) is 2.38. The van der Waals surface area contributed by atoms with E-state index in [1.54, 1.807) is 18.2 Å². The van der Waals surface area contributed by atoms with E-state index in [1.165, 1.54) is 18.2 Å². The molecule has 0 fully saturated rings. The van der Waals surface area contributed by atoms with Crippen molar-refractivity contribution in [2.45, 2.75) is 6.54 Å². The van der Waals surface area contributed by atoms with Crippen LogP contribution in [0.25, 0.3) is 0 Å². The number of carbonyl (C=O) groups is 1. The summed E-state index contributed by atoms with van der Waals surface area (Å²) in [5.74, 6) is -0.549. The van der Waals surface area contributed by atoms with E-state index in [-0.39, 0.29) is 23.9 Å². The predicted octanol–water partition coefficient (Wildman–Crippen LogP) is 1.13. The molecule has 5 nitrogen and oxygen atoms in total. The number of nitrogens with zero attached hydrogens (tertiary/aromatic N) is 2. The molecule has 92 valence electrons. The minimum absolute atomic E-state index is 0.0948. The zero-order valence-corrected chi connectivity index (χ0v) is 9.43. The average molecular weight is 246 g/mol. The summed E-state index contributed by atoms with van der Waals surface area (Å²) in [7, 11) is 0. The van der Waals surface area contributed by atoms with Crippen molar-refractivity contribution in [1.82, 2.24) is 15.5 Å². The predicted molar refractivity (Wildman–Crippen MR) is 64.0 cm³/mol. The van der Waals surface area contributed by atoms with Crippen LogP contribution >= 0.6 is 0 Å². The quantitative estimate of drug-likeness (QED) is 0.850. The molecule has 3 N–H and O–H groups in total. The summed E-state index contributed by atoms with van der Waals surface area (Å²) in [4.78, 5) is 11.7. The number of benzene rings is 1. The molecule has 0 bridgehead atoms. The van der Waals surface area contributed by atoms with Crippen molar-refractivity contribution < 1.29 is 9.18 Å². The number of amides is 1. The third-order valence-corrected chi connectivity index (χ3v) is 2.32. The van der Waals surface area contributed by atoms with Gasteiger partial charge in [-0.05, 0) is 18.2 Å².